The Labute approximate surface area is 122 Å². The SMILES string of the molecule is CCCNc1cccc(CSc2ncccc2Cl)n1. The highest BCUT2D eigenvalue weighted by Gasteiger charge is 2.03. The molecule has 0 saturated carbocycles. The average molecular weight is 294 g/mol. The lowest BCUT2D eigenvalue weighted by Crippen LogP contribution is -2.02. The zero-order valence-electron chi connectivity index (χ0n) is 10.8. The van der Waals surface area contributed by atoms with Crippen LogP contribution >= 0.6 is 23.4 Å². The zero-order valence-corrected chi connectivity index (χ0v) is 12.3. The van der Waals surface area contributed by atoms with Crippen LogP contribution in [0.4, 0.5) is 5.82 Å². The van der Waals surface area contributed by atoms with E-state index in [0.717, 1.165) is 35.3 Å². The van der Waals surface area contributed by atoms with Gasteiger partial charge in [-0.1, -0.05) is 36.4 Å². The van der Waals surface area contributed by atoms with Crippen LogP contribution in [-0.2, 0) is 5.75 Å². The molecule has 5 heteroatoms. The minimum absolute atomic E-state index is 0.688. The van der Waals surface area contributed by atoms with E-state index < -0.39 is 0 Å². The third-order valence-corrected chi connectivity index (χ3v) is 3.90. The van der Waals surface area contributed by atoms with Gasteiger partial charge < -0.3 is 5.32 Å². The Morgan fingerprint density at radius 3 is 2.95 bits per heavy atom. The molecule has 0 aromatic carbocycles. The van der Waals surface area contributed by atoms with Crippen molar-refractivity contribution in [1.29, 1.82) is 0 Å². The van der Waals surface area contributed by atoms with Gasteiger partial charge in [0.05, 0.1) is 10.7 Å². The first-order valence-electron chi connectivity index (χ1n) is 6.22. The number of rotatable bonds is 6. The van der Waals surface area contributed by atoms with E-state index in [1.165, 1.54) is 0 Å². The van der Waals surface area contributed by atoms with Crippen LogP contribution in [0.1, 0.15) is 19.0 Å². The predicted octanol–water partition coefficient (Wildman–Crippen LogP) is 4.24. The number of halogens is 1. The summed E-state index contributed by atoms with van der Waals surface area (Å²) in [4.78, 5) is 8.81. The van der Waals surface area contributed by atoms with Gasteiger partial charge in [-0.2, -0.15) is 0 Å². The van der Waals surface area contributed by atoms with Crippen LogP contribution in [-0.4, -0.2) is 16.5 Å². The van der Waals surface area contributed by atoms with Gasteiger partial charge >= 0.3 is 0 Å². The summed E-state index contributed by atoms with van der Waals surface area (Å²) in [6.45, 7) is 3.07. The summed E-state index contributed by atoms with van der Waals surface area (Å²) in [7, 11) is 0. The maximum atomic E-state index is 6.07. The Bertz CT molecular complexity index is 534. The molecule has 19 heavy (non-hydrogen) atoms. The fourth-order valence-electron chi connectivity index (χ4n) is 1.53. The monoisotopic (exact) mass is 293 g/mol. The average Bonchev–Trinajstić information content (AvgIpc) is 2.45. The molecular weight excluding hydrogens is 278 g/mol. The summed E-state index contributed by atoms with van der Waals surface area (Å²) in [6.07, 6.45) is 2.84. The summed E-state index contributed by atoms with van der Waals surface area (Å²) in [5.74, 6) is 1.69. The van der Waals surface area contributed by atoms with E-state index >= 15 is 0 Å². The lowest BCUT2D eigenvalue weighted by atomic mass is 10.3. The molecule has 0 aliphatic rings. The second-order valence-corrected chi connectivity index (χ2v) is 5.39. The van der Waals surface area contributed by atoms with Gasteiger partial charge in [-0.3, -0.25) is 0 Å². The molecular formula is C14H16ClN3S. The predicted molar refractivity (Wildman–Crippen MR) is 81.8 cm³/mol. The molecule has 2 aromatic rings. The number of hydrogen-bond donors (Lipinski definition) is 1. The molecule has 0 spiro atoms. The molecule has 3 nitrogen and oxygen atoms in total. The lowest BCUT2D eigenvalue weighted by Gasteiger charge is -2.06. The van der Waals surface area contributed by atoms with Gasteiger partial charge in [0.15, 0.2) is 0 Å². The second-order valence-electron chi connectivity index (χ2n) is 4.02. The van der Waals surface area contributed by atoms with E-state index in [1.807, 2.05) is 30.3 Å². The zero-order chi connectivity index (χ0) is 13.5. The Morgan fingerprint density at radius 1 is 1.26 bits per heavy atom. The molecule has 1 N–H and O–H groups in total. The fourth-order valence-corrected chi connectivity index (χ4v) is 2.60. The molecule has 0 atom stereocenters. The highest BCUT2D eigenvalue weighted by atomic mass is 35.5. The van der Waals surface area contributed by atoms with Gasteiger partial charge in [-0.05, 0) is 30.7 Å². The number of hydrogen-bond acceptors (Lipinski definition) is 4. The molecule has 0 aliphatic carbocycles. The number of aromatic nitrogens is 2. The van der Waals surface area contributed by atoms with Gasteiger partial charge in [-0.15, -0.1) is 0 Å². The maximum Gasteiger partial charge on any atom is 0.126 e. The van der Waals surface area contributed by atoms with E-state index in [0.29, 0.717) is 5.02 Å². The molecule has 0 amide bonds. The Hall–Kier alpha value is -1.26. The van der Waals surface area contributed by atoms with Crippen LogP contribution < -0.4 is 5.32 Å². The molecule has 2 aromatic heterocycles. The molecule has 2 heterocycles. The summed E-state index contributed by atoms with van der Waals surface area (Å²) in [5.41, 5.74) is 1.02. The van der Waals surface area contributed by atoms with Crippen LogP contribution in [0.2, 0.25) is 5.02 Å². The lowest BCUT2D eigenvalue weighted by molar-refractivity contribution is 0.965. The van der Waals surface area contributed by atoms with Crippen molar-refractivity contribution >= 4 is 29.2 Å². The minimum Gasteiger partial charge on any atom is -0.370 e. The number of nitrogens with one attached hydrogen (secondary N) is 1. The molecule has 0 radical (unpaired) electrons. The topological polar surface area (TPSA) is 37.8 Å². The first-order chi connectivity index (χ1) is 9.29. The fraction of sp³-hybridized carbons (Fsp3) is 0.286. The van der Waals surface area contributed by atoms with Gasteiger partial charge in [-0.25, -0.2) is 9.97 Å². The Balaban J connectivity index is 1.98. The molecule has 100 valence electrons. The first-order valence-corrected chi connectivity index (χ1v) is 7.59. The number of thioether (sulfide) groups is 1. The van der Waals surface area contributed by atoms with Gasteiger partial charge in [0.2, 0.25) is 0 Å². The largest absolute Gasteiger partial charge is 0.370 e. The van der Waals surface area contributed by atoms with Crippen LogP contribution in [0.5, 0.6) is 0 Å². The number of anilines is 1. The molecule has 0 unspecified atom stereocenters. The van der Waals surface area contributed by atoms with Crippen molar-refractivity contribution in [1.82, 2.24) is 9.97 Å². The summed E-state index contributed by atoms with van der Waals surface area (Å²) >= 11 is 7.67. The third kappa shape index (κ3) is 4.40. The van der Waals surface area contributed by atoms with E-state index in [9.17, 15) is 0 Å². The van der Waals surface area contributed by atoms with Gasteiger partial charge in [0.25, 0.3) is 0 Å². The highest BCUT2D eigenvalue weighted by molar-refractivity contribution is 7.98. The normalized spacial score (nSPS) is 10.4. The summed E-state index contributed by atoms with van der Waals surface area (Å²) < 4.78 is 0. The van der Waals surface area contributed by atoms with Crippen LogP contribution in [0.25, 0.3) is 0 Å². The van der Waals surface area contributed by atoms with Crippen molar-refractivity contribution in [3.05, 3.63) is 47.2 Å². The molecule has 0 saturated heterocycles. The number of nitrogens with zero attached hydrogens (tertiary/aromatic N) is 2. The van der Waals surface area contributed by atoms with Crippen molar-refractivity contribution in [2.75, 3.05) is 11.9 Å². The second kappa shape index (κ2) is 7.36. The van der Waals surface area contributed by atoms with Crippen LogP contribution in [0, 0.1) is 0 Å². The maximum absolute atomic E-state index is 6.07. The van der Waals surface area contributed by atoms with Gasteiger partial charge in [0, 0.05) is 18.5 Å². The molecule has 0 bridgehead atoms. The van der Waals surface area contributed by atoms with Crippen molar-refractivity contribution in [2.45, 2.75) is 24.1 Å². The minimum atomic E-state index is 0.688. The molecule has 0 fully saturated rings. The molecule has 0 aliphatic heterocycles. The molecule has 2 rings (SSSR count). The van der Waals surface area contributed by atoms with E-state index in [-0.39, 0.29) is 0 Å². The van der Waals surface area contributed by atoms with Crippen LogP contribution in [0.15, 0.2) is 41.6 Å². The Morgan fingerprint density at radius 2 is 2.16 bits per heavy atom. The van der Waals surface area contributed by atoms with Crippen molar-refractivity contribution < 1.29 is 0 Å². The number of pyridine rings is 2. The van der Waals surface area contributed by atoms with Crippen LogP contribution in [0.3, 0.4) is 0 Å². The first kappa shape index (κ1) is 14.2. The standard InChI is InChI=1S/C14H16ClN3S/c1-2-8-16-13-7-3-5-11(18-13)10-19-14-12(15)6-4-9-17-14/h3-7,9H,2,8,10H2,1H3,(H,16,18). The highest BCUT2D eigenvalue weighted by Crippen LogP contribution is 2.26. The van der Waals surface area contributed by atoms with E-state index in [1.54, 1.807) is 18.0 Å². The van der Waals surface area contributed by atoms with Crippen molar-refractivity contribution in [3.8, 4) is 0 Å². The van der Waals surface area contributed by atoms with E-state index in [4.69, 9.17) is 11.6 Å². The van der Waals surface area contributed by atoms with E-state index in [2.05, 4.69) is 22.2 Å². The third-order valence-electron chi connectivity index (χ3n) is 2.44. The quantitative estimate of drug-likeness (QED) is 0.808. The van der Waals surface area contributed by atoms with Crippen molar-refractivity contribution in [2.24, 2.45) is 0 Å². The summed E-state index contributed by atoms with van der Waals surface area (Å²) in [5, 5.41) is 4.82. The Kier molecular flexibility index (Phi) is 5.48. The summed E-state index contributed by atoms with van der Waals surface area (Å²) in [6, 6.07) is 9.70. The van der Waals surface area contributed by atoms with Crippen molar-refractivity contribution in [3.63, 3.8) is 0 Å². The smallest absolute Gasteiger partial charge is 0.126 e. The van der Waals surface area contributed by atoms with Gasteiger partial charge in [0.1, 0.15) is 10.8 Å².